The predicted octanol–water partition coefficient (Wildman–Crippen LogP) is 0.133. The van der Waals surface area contributed by atoms with Gasteiger partial charge in [0.2, 0.25) is 0 Å². The van der Waals surface area contributed by atoms with E-state index in [2.05, 4.69) is 22.5 Å². The smallest absolute Gasteiger partial charge is 0.406 e. The minimum absolute atomic E-state index is 0.544. The zero-order valence-corrected chi connectivity index (χ0v) is 6.72. The van der Waals surface area contributed by atoms with Crippen molar-refractivity contribution in [3.8, 4) is 11.8 Å². The Balaban J connectivity index is 2.74. The first-order chi connectivity index (χ1) is 5.68. The van der Waals surface area contributed by atoms with Crippen molar-refractivity contribution in [3.05, 3.63) is 12.2 Å². The van der Waals surface area contributed by atoms with Gasteiger partial charge in [0, 0.05) is 6.42 Å². The fourth-order valence-corrected chi connectivity index (χ4v) is 1.00. The third-order valence-electron chi connectivity index (χ3n) is 1.66. The largest absolute Gasteiger partial charge is 0.465 e. The molecule has 0 aromatic heterocycles. The third-order valence-corrected chi connectivity index (χ3v) is 1.66. The lowest BCUT2D eigenvalue weighted by molar-refractivity contribution is 0.181. The van der Waals surface area contributed by atoms with Crippen LogP contribution in [0.4, 0.5) is 4.79 Å². The van der Waals surface area contributed by atoms with Crippen molar-refractivity contribution in [2.24, 2.45) is 0 Å². The van der Waals surface area contributed by atoms with E-state index in [1.807, 2.05) is 6.08 Å². The number of amides is 1. The zero-order chi connectivity index (χ0) is 9.03. The molecule has 12 heavy (non-hydrogen) atoms. The topological polar surface area (TPSA) is 61.4 Å². The second-order valence-electron chi connectivity index (χ2n) is 2.46. The molecule has 0 aromatic rings. The summed E-state index contributed by atoms with van der Waals surface area (Å²) in [6.07, 6.45) is 3.00. The molecule has 4 nitrogen and oxygen atoms in total. The second kappa shape index (κ2) is 3.28. The molecule has 1 aliphatic rings. The van der Waals surface area contributed by atoms with Gasteiger partial charge in [-0.05, 0) is 13.1 Å². The van der Waals surface area contributed by atoms with Gasteiger partial charge in [-0.1, -0.05) is 17.9 Å². The van der Waals surface area contributed by atoms with Crippen LogP contribution >= 0.6 is 0 Å². The van der Waals surface area contributed by atoms with Gasteiger partial charge in [-0.2, -0.15) is 0 Å². The average molecular weight is 166 g/mol. The molecular weight excluding hydrogens is 156 g/mol. The van der Waals surface area contributed by atoms with Gasteiger partial charge in [0.15, 0.2) is 5.66 Å². The highest BCUT2D eigenvalue weighted by molar-refractivity contribution is 5.66. The Kier molecular flexibility index (Phi) is 2.36. The van der Waals surface area contributed by atoms with Crippen molar-refractivity contribution in [2.75, 3.05) is 7.05 Å². The number of hydrogen-bond acceptors (Lipinski definition) is 2. The molecule has 4 heteroatoms. The first kappa shape index (κ1) is 8.62. The minimum Gasteiger partial charge on any atom is -0.465 e. The van der Waals surface area contributed by atoms with E-state index >= 15 is 0 Å². The first-order valence-corrected chi connectivity index (χ1v) is 3.56. The summed E-state index contributed by atoms with van der Waals surface area (Å²) in [6, 6.07) is 0. The number of carbonyl (C=O) groups is 1. The van der Waals surface area contributed by atoms with Crippen LogP contribution in [0.25, 0.3) is 0 Å². The molecule has 1 amide bonds. The Hall–Kier alpha value is -1.47. The van der Waals surface area contributed by atoms with Gasteiger partial charge in [-0.3, -0.25) is 10.6 Å². The maximum absolute atomic E-state index is 10.4. The number of hydrogen-bond donors (Lipinski definition) is 3. The van der Waals surface area contributed by atoms with Gasteiger partial charge in [0.1, 0.15) is 0 Å². The van der Waals surface area contributed by atoms with Crippen LogP contribution in [0.15, 0.2) is 12.2 Å². The lowest BCUT2D eigenvalue weighted by atomic mass is 10.0. The van der Waals surface area contributed by atoms with E-state index in [1.165, 1.54) is 0 Å². The molecule has 0 radical (unpaired) electrons. The van der Waals surface area contributed by atoms with Crippen molar-refractivity contribution < 1.29 is 9.90 Å². The number of allylic oxidation sites excluding steroid dienone is 1. The highest BCUT2D eigenvalue weighted by Crippen LogP contribution is 2.08. The molecule has 0 aliphatic heterocycles. The lowest BCUT2D eigenvalue weighted by Crippen LogP contribution is -2.56. The van der Waals surface area contributed by atoms with E-state index < -0.39 is 11.8 Å². The normalized spacial score (nSPS) is 25.8. The summed E-state index contributed by atoms with van der Waals surface area (Å²) >= 11 is 0. The van der Waals surface area contributed by atoms with E-state index in [0.29, 0.717) is 6.42 Å². The van der Waals surface area contributed by atoms with Gasteiger partial charge in [0.05, 0.1) is 0 Å². The fourth-order valence-electron chi connectivity index (χ4n) is 1.00. The summed E-state index contributed by atoms with van der Waals surface area (Å²) in [5.74, 6) is 5.49. The maximum Gasteiger partial charge on any atom is 0.406 e. The molecule has 0 fully saturated rings. The van der Waals surface area contributed by atoms with E-state index in [-0.39, 0.29) is 0 Å². The predicted molar refractivity (Wildman–Crippen MR) is 44.5 cm³/mol. The molecule has 3 N–H and O–H groups in total. The summed E-state index contributed by atoms with van der Waals surface area (Å²) in [5, 5.41) is 13.7. The van der Waals surface area contributed by atoms with Crippen LogP contribution in [0.1, 0.15) is 6.42 Å². The Morgan fingerprint density at radius 2 is 2.50 bits per heavy atom. The lowest BCUT2D eigenvalue weighted by Gasteiger charge is -2.27. The number of rotatable bonds is 2. The molecule has 0 heterocycles. The summed E-state index contributed by atoms with van der Waals surface area (Å²) < 4.78 is 0. The molecule has 0 bridgehead atoms. The Labute approximate surface area is 70.7 Å². The fraction of sp³-hybridized carbons (Fsp3) is 0.375. The molecule has 0 saturated carbocycles. The van der Waals surface area contributed by atoms with Crippen molar-refractivity contribution in [1.29, 1.82) is 0 Å². The SMILES string of the molecule is CNC1(NC(=O)O)C#CC=CC1. The van der Waals surface area contributed by atoms with Crippen molar-refractivity contribution in [2.45, 2.75) is 12.1 Å². The summed E-state index contributed by atoms with van der Waals surface area (Å²) in [6.45, 7) is 0. The average Bonchev–Trinajstić information content (AvgIpc) is 2.05. The number of carboxylic acid groups (broad SMARTS) is 1. The summed E-state index contributed by atoms with van der Waals surface area (Å²) in [4.78, 5) is 10.4. The van der Waals surface area contributed by atoms with E-state index in [1.54, 1.807) is 13.1 Å². The monoisotopic (exact) mass is 166 g/mol. The van der Waals surface area contributed by atoms with Crippen LogP contribution in [-0.2, 0) is 0 Å². The quantitative estimate of drug-likeness (QED) is 0.403. The van der Waals surface area contributed by atoms with Gasteiger partial charge in [-0.15, -0.1) is 0 Å². The van der Waals surface area contributed by atoms with Gasteiger partial charge >= 0.3 is 6.09 Å². The van der Waals surface area contributed by atoms with E-state index in [4.69, 9.17) is 5.11 Å². The number of nitrogens with one attached hydrogen (secondary N) is 2. The molecule has 0 spiro atoms. The Morgan fingerprint density at radius 1 is 1.75 bits per heavy atom. The zero-order valence-electron chi connectivity index (χ0n) is 6.72. The van der Waals surface area contributed by atoms with Crippen LogP contribution in [0.3, 0.4) is 0 Å². The summed E-state index contributed by atoms with van der Waals surface area (Å²) in [5.41, 5.74) is -0.805. The van der Waals surface area contributed by atoms with Gasteiger partial charge < -0.3 is 5.11 Å². The van der Waals surface area contributed by atoms with Crippen LogP contribution in [-0.4, -0.2) is 23.9 Å². The third kappa shape index (κ3) is 1.77. The molecule has 1 rings (SSSR count). The van der Waals surface area contributed by atoms with Crippen molar-refractivity contribution >= 4 is 6.09 Å². The van der Waals surface area contributed by atoms with Crippen LogP contribution in [0.2, 0.25) is 0 Å². The summed E-state index contributed by atoms with van der Waals surface area (Å²) in [7, 11) is 1.67. The highest BCUT2D eigenvalue weighted by Gasteiger charge is 2.27. The first-order valence-electron chi connectivity index (χ1n) is 3.56. The van der Waals surface area contributed by atoms with Crippen LogP contribution < -0.4 is 10.6 Å². The highest BCUT2D eigenvalue weighted by atomic mass is 16.4. The van der Waals surface area contributed by atoms with Crippen LogP contribution in [0.5, 0.6) is 0 Å². The molecule has 64 valence electrons. The molecular formula is C8H10N2O2. The molecule has 1 atom stereocenters. The molecule has 0 saturated heterocycles. The Bertz CT molecular complexity index is 275. The molecule has 1 unspecified atom stereocenters. The van der Waals surface area contributed by atoms with E-state index in [9.17, 15) is 4.79 Å². The molecule has 0 aromatic carbocycles. The standard InChI is InChI=1S/C8H10N2O2/c1-9-8(10-7(11)12)5-3-2-4-6-8/h2-3,9-10H,5H2,1H3,(H,11,12). The van der Waals surface area contributed by atoms with Crippen LogP contribution in [0, 0.1) is 11.8 Å². The molecule has 1 aliphatic carbocycles. The Morgan fingerprint density at radius 3 is 2.92 bits per heavy atom. The van der Waals surface area contributed by atoms with Crippen molar-refractivity contribution in [3.63, 3.8) is 0 Å². The van der Waals surface area contributed by atoms with E-state index in [0.717, 1.165) is 0 Å². The second-order valence-corrected chi connectivity index (χ2v) is 2.46. The maximum atomic E-state index is 10.4. The van der Waals surface area contributed by atoms with Gasteiger partial charge in [0.25, 0.3) is 0 Å². The van der Waals surface area contributed by atoms with Gasteiger partial charge in [-0.25, -0.2) is 4.79 Å². The van der Waals surface area contributed by atoms with Crippen molar-refractivity contribution in [1.82, 2.24) is 10.6 Å². The minimum atomic E-state index is -1.08.